The minimum atomic E-state index is -0.200. The van der Waals surface area contributed by atoms with Gasteiger partial charge < -0.3 is 15.5 Å². The van der Waals surface area contributed by atoms with Gasteiger partial charge in [0, 0.05) is 24.3 Å². The fraction of sp³-hybridized carbons (Fsp3) is 0.344. The van der Waals surface area contributed by atoms with Crippen LogP contribution in [-0.4, -0.2) is 37.0 Å². The van der Waals surface area contributed by atoms with Crippen LogP contribution in [0.25, 0.3) is 5.57 Å². The van der Waals surface area contributed by atoms with Crippen molar-refractivity contribution in [3.8, 4) is 0 Å². The van der Waals surface area contributed by atoms with Crippen LogP contribution in [0, 0.1) is 0 Å². The molecule has 2 N–H and O–H groups in total. The van der Waals surface area contributed by atoms with Gasteiger partial charge in [0.1, 0.15) is 0 Å². The van der Waals surface area contributed by atoms with E-state index < -0.39 is 0 Å². The Morgan fingerprint density at radius 1 is 0.833 bits per heavy atom. The van der Waals surface area contributed by atoms with Crippen LogP contribution < -0.4 is 10.6 Å². The molecule has 1 aliphatic heterocycles. The highest BCUT2D eigenvalue weighted by atomic mass is 16.2. The molecule has 1 amide bonds. The molecule has 0 bridgehead atoms. The first-order chi connectivity index (χ1) is 17.4. The lowest BCUT2D eigenvalue weighted by molar-refractivity contribution is 0.0773. The van der Waals surface area contributed by atoms with Gasteiger partial charge in [-0.05, 0) is 100 Å². The van der Waals surface area contributed by atoms with Crippen LogP contribution in [0.1, 0.15) is 67.6 Å². The fourth-order valence-electron chi connectivity index (χ4n) is 5.07. The Morgan fingerprint density at radius 3 is 2.11 bits per heavy atom. The topological polar surface area (TPSA) is 44.4 Å². The van der Waals surface area contributed by atoms with Crippen molar-refractivity contribution in [2.24, 2.45) is 0 Å². The van der Waals surface area contributed by atoms with Crippen molar-refractivity contribution in [1.29, 1.82) is 0 Å². The van der Waals surface area contributed by atoms with Gasteiger partial charge in [-0.3, -0.25) is 4.79 Å². The lowest BCUT2D eigenvalue weighted by atomic mass is 9.88. The largest absolute Gasteiger partial charge is 0.376 e. The molecule has 188 valence electrons. The maximum Gasteiger partial charge on any atom is 0.253 e. The molecule has 0 aromatic heterocycles. The number of benzene rings is 3. The molecule has 4 rings (SSSR count). The van der Waals surface area contributed by atoms with Gasteiger partial charge in [0.2, 0.25) is 0 Å². The van der Waals surface area contributed by atoms with Crippen molar-refractivity contribution in [1.82, 2.24) is 10.2 Å². The van der Waals surface area contributed by atoms with Gasteiger partial charge in [-0.15, -0.1) is 0 Å². The van der Waals surface area contributed by atoms with Gasteiger partial charge in [0.15, 0.2) is 0 Å². The highest BCUT2D eigenvalue weighted by Gasteiger charge is 2.21. The van der Waals surface area contributed by atoms with Crippen LogP contribution in [0.4, 0.5) is 5.69 Å². The molecule has 0 spiro atoms. The summed E-state index contributed by atoms with van der Waals surface area (Å²) in [5, 5.41) is 7.23. The minimum absolute atomic E-state index is 0.0944. The Hall–Kier alpha value is -3.37. The van der Waals surface area contributed by atoms with Gasteiger partial charge in [0.05, 0.1) is 5.54 Å². The van der Waals surface area contributed by atoms with Gasteiger partial charge >= 0.3 is 0 Å². The molecule has 3 aromatic carbocycles. The average Bonchev–Trinajstić information content (AvgIpc) is 2.91. The summed E-state index contributed by atoms with van der Waals surface area (Å²) in [6.07, 6.45) is 2.06. The number of nitrogens with one attached hydrogen (secondary N) is 2. The van der Waals surface area contributed by atoms with E-state index in [4.69, 9.17) is 0 Å². The van der Waals surface area contributed by atoms with E-state index in [0.29, 0.717) is 0 Å². The molecule has 0 atom stereocenters. The van der Waals surface area contributed by atoms with E-state index in [1.807, 2.05) is 30.9 Å². The number of piperidine rings is 1. The van der Waals surface area contributed by atoms with E-state index in [1.54, 1.807) is 0 Å². The summed E-state index contributed by atoms with van der Waals surface area (Å²) >= 11 is 0. The van der Waals surface area contributed by atoms with E-state index in [2.05, 4.69) is 91.2 Å². The van der Waals surface area contributed by atoms with E-state index >= 15 is 0 Å². The van der Waals surface area contributed by atoms with Crippen LogP contribution in [0.5, 0.6) is 0 Å². The van der Waals surface area contributed by atoms with E-state index in [-0.39, 0.29) is 11.4 Å². The molecule has 4 nitrogen and oxygen atoms in total. The Kier molecular flexibility index (Phi) is 8.27. The molecule has 0 aliphatic carbocycles. The number of carbonyl (C=O) groups is 1. The summed E-state index contributed by atoms with van der Waals surface area (Å²) in [5.41, 5.74) is 8.04. The molecule has 1 fully saturated rings. The molecule has 0 radical (unpaired) electrons. The summed E-state index contributed by atoms with van der Waals surface area (Å²) in [6, 6.07) is 27.5. The van der Waals surface area contributed by atoms with Crippen LogP contribution in [-0.2, 0) is 5.54 Å². The first-order valence-electron chi connectivity index (χ1n) is 13.2. The van der Waals surface area contributed by atoms with E-state index in [9.17, 15) is 4.79 Å². The lowest BCUT2D eigenvalue weighted by Crippen LogP contribution is -2.30. The second kappa shape index (κ2) is 11.6. The van der Waals surface area contributed by atoms with Crippen LogP contribution in [0.2, 0.25) is 0 Å². The molecular weight excluding hydrogens is 442 g/mol. The molecule has 0 saturated carbocycles. The van der Waals surface area contributed by atoms with Crippen LogP contribution >= 0.6 is 0 Å². The van der Waals surface area contributed by atoms with Crippen molar-refractivity contribution in [3.05, 3.63) is 107 Å². The average molecular weight is 482 g/mol. The lowest BCUT2D eigenvalue weighted by Gasteiger charge is -2.29. The van der Waals surface area contributed by atoms with Gasteiger partial charge in [0.25, 0.3) is 5.91 Å². The maximum absolute atomic E-state index is 12.9. The van der Waals surface area contributed by atoms with Crippen molar-refractivity contribution in [3.63, 3.8) is 0 Å². The normalized spacial score (nSPS) is 13.8. The van der Waals surface area contributed by atoms with Gasteiger partial charge in [-0.1, -0.05) is 60.2 Å². The zero-order valence-electron chi connectivity index (χ0n) is 22.1. The fourth-order valence-corrected chi connectivity index (χ4v) is 5.07. The molecule has 1 saturated heterocycles. The third-order valence-electron chi connectivity index (χ3n) is 7.14. The van der Waals surface area contributed by atoms with Gasteiger partial charge in [-0.25, -0.2) is 0 Å². The second-order valence-electron chi connectivity index (χ2n) is 9.98. The van der Waals surface area contributed by atoms with Crippen molar-refractivity contribution in [2.45, 2.75) is 46.1 Å². The van der Waals surface area contributed by atoms with Crippen LogP contribution in [0.15, 0.2) is 84.4 Å². The van der Waals surface area contributed by atoms with Crippen molar-refractivity contribution >= 4 is 17.2 Å². The van der Waals surface area contributed by atoms with Crippen LogP contribution in [0.3, 0.4) is 0 Å². The highest BCUT2D eigenvalue weighted by Crippen LogP contribution is 2.34. The number of anilines is 1. The summed E-state index contributed by atoms with van der Waals surface area (Å²) in [6.45, 7) is 11.9. The molecular formula is C32H39N3O. The first kappa shape index (κ1) is 25.7. The molecule has 0 unspecified atom stereocenters. The summed E-state index contributed by atoms with van der Waals surface area (Å²) < 4.78 is 0. The Morgan fingerprint density at radius 2 is 1.47 bits per heavy atom. The smallest absolute Gasteiger partial charge is 0.253 e. The first-order valence-corrected chi connectivity index (χ1v) is 13.2. The minimum Gasteiger partial charge on any atom is -0.376 e. The number of hydrogen-bond donors (Lipinski definition) is 2. The molecule has 36 heavy (non-hydrogen) atoms. The Labute approximate surface area is 216 Å². The summed E-state index contributed by atoms with van der Waals surface area (Å²) in [4.78, 5) is 14.7. The van der Waals surface area contributed by atoms with Crippen molar-refractivity contribution in [2.75, 3.05) is 31.5 Å². The Bertz CT molecular complexity index is 1180. The molecule has 3 aromatic rings. The third kappa shape index (κ3) is 5.88. The number of carbonyl (C=O) groups excluding carboxylic acids is 1. The zero-order chi connectivity index (χ0) is 25.5. The molecule has 1 aliphatic rings. The molecule has 1 heterocycles. The number of rotatable bonds is 8. The highest BCUT2D eigenvalue weighted by molar-refractivity contribution is 5.95. The van der Waals surface area contributed by atoms with E-state index in [1.165, 1.54) is 27.8 Å². The number of amides is 1. The molecule has 4 heteroatoms. The quantitative estimate of drug-likeness (QED) is 0.376. The summed E-state index contributed by atoms with van der Waals surface area (Å²) in [7, 11) is 0. The SMILES string of the molecule is CCN(CC)C(=O)c1ccc(C(=C2CCNCC2)c2cccc(NC(C)(C)c3ccccc3)c2)cc1. The second-order valence-corrected chi connectivity index (χ2v) is 9.98. The monoisotopic (exact) mass is 481 g/mol. The Balaban J connectivity index is 1.68. The standard InChI is InChI=1S/C32H39N3O/c1-5-35(6-2)31(36)26-17-15-24(16-18-26)30(25-19-21-33-22-20-25)27-11-10-14-29(23-27)34-32(3,4)28-12-8-7-9-13-28/h7-18,23,33-34H,5-6,19-22H2,1-4H3. The predicted molar refractivity (Wildman–Crippen MR) is 151 cm³/mol. The third-order valence-corrected chi connectivity index (χ3v) is 7.14. The van der Waals surface area contributed by atoms with Crippen molar-refractivity contribution < 1.29 is 4.79 Å². The predicted octanol–water partition coefficient (Wildman–Crippen LogP) is 6.70. The maximum atomic E-state index is 12.9. The van der Waals surface area contributed by atoms with E-state index in [0.717, 1.165) is 50.3 Å². The summed E-state index contributed by atoms with van der Waals surface area (Å²) in [5.74, 6) is 0.0944. The van der Waals surface area contributed by atoms with Gasteiger partial charge in [-0.2, -0.15) is 0 Å². The zero-order valence-corrected chi connectivity index (χ0v) is 22.1. The number of nitrogens with zero attached hydrogens (tertiary/aromatic N) is 1. The number of hydrogen-bond acceptors (Lipinski definition) is 3.